The number of rotatable bonds is 5. The van der Waals surface area contributed by atoms with Crippen LogP contribution in [0.2, 0.25) is 0 Å². The van der Waals surface area contributed by atoms with Gasteiger partial charge in [0, 0.05) is 13.2 Å². The number of hydrogen-bond acceptors (Lipinski definition) is 5. The predicted molar refractivity (Wildman–Crippen MR) is 124 cm³/mol. The van der Waals surface area contributed by atoms with Crippen LogP contribution in [0.5, 0.6) is 0 Å². The summed E-state index contributed by atoms with van der Waals surface area (Å²) in [5.41, 5.74) is 4.68. The van der Waals surface area contributed by atoms with E-state index in [2.05, 4.69) is 12.1 Å². The van der Waals surface area contributed by atoms with Crippen LogP contribution < -0.4 is 5.56 Å². The van der Waals surface area contributed by atoms with Crippen molar-refractivity contribution in [2.45, 2.75) is 38.5 Å². The Hall–Kier alpha value is -3.58. The van der Waals surface area contributed by atoms with Crippen molar-refractivity contribution in [1.29, 1.82) is 0 Å². The Morgan fingerprint density at radius 3 is 2.53 bits per heavy atom. The minimum Gasteiger partial charge on any atom is -0.376 e. The fourth-order valence-corrected chi connectivity index (χ4v) is 4.57. The summed E-state index contributed by atoms with van der Waals surface area (Å²) in [6.07, 6.45) is 4.52. The van der Waals surface area contributed by atoms with Crippen LogP contribution in [-0.4, -0.2) is 36.8 Å². The van der Waals surface area contributed by atoms with E-state index >= 15 is 0 Å². The molecule has 0 saturated carbocycles. The summed E-state index contributed by atoms with van der Waals surface area (Å²) in [4.78, 5) is 28.0. The molecule has 2 aromatic carbocycles. The molecule has 3 aromatic heterocycles. The number of hydrogen-bond donors (Lipinski definition) is 0. The minimum atomic E-state index is -0.0847. The molecule has 1 aliphatic rings. The van der Waals surface area contributed by atoms with Crippen molar-refractivity contribution in [2.24, 2.45) is 0 Å². The highest BCUT2D eigenvalue weighted by atomic mass is 16.5. The normalized spacial score (nSPS) is 16.4. The van der Waals surface area contributed by atoms with E-state index in [0.717, 1.165) is 36.9 Å². The van der Waals surface area contributed by atoms with Crippen LogP contribution in [-0.2, 0) is 24.2 Å². The summed E-state index contributed by atoms with van der Waals surface area (Å²) in [6, 6.07) is 18.1. The lowest BCUT2D eigenvalue weighted by molar-refractivity contribution is 0.0960. The largest absolute Gasteiger partial charge is 0.376 e. The van der Waals surface area contributed by atoms with Crippen molar-refractivity contribution >= 4 is 33.2 Å². The molecule has 4 heterocycles. The zero-order valence-electron chi connectivity index (χ0n) is 17.6. The van der Waals surface area contributed by atoms with Crippen LogP contribution >= 0.6 is 0 Å². The van der Waals surface area contributed by atoms with Crippen molar-refractivity contribution < 1.29 is 4.74 Å². The minimum absolute atomic E-state index is 0.0605. The highest BCUT2D eigenvalue weighted by Gasteiger charge is 2.22. The summed E-state index contributed by atoms with van der Waals surface area (Å²) in [7, 11) is 0. The summed E-state index contributed by atoms with van der Waals surface area (Å²) < 4.78 is 9.44. The van der Waals surface area contributed by atoms with Gasteiger partial charge in [-0.2, -0.15) is 0 Å². The third-order valence-electron chi connectivity index (χ3n) is 6.21. The Kier molecular flexibility index (Phi) is 4.69. The maximum absolute atomic E-state index is 13.5. The third-order valence-corrected chi connectivity index (χ3v) is 6.21. The average molecular weight is 425 g/mol. The van der Waals surface area contributed by atoms with Crippen molar-refractivity contribution in [3.05, 3.63) is 76.8 Å². The van der Waals surface area contributed by atoms with Gasteiger partial charge >= 0.3 is 0 Å². The Labute approximate surface area is 184 Å². The lowest BCUT2D eigenvalue weighted by Gasteiger charge is -2.11. The van der Waals surface area contributed by atoms with Crippen LogP contribution in [0.4, 0.5) is 0 Å². The van der Waals surface area contributed by atoms with Gasteiger partial charge < -0.3 is 9.30 Å². The summed E-state index contributed by atoms with van der Waals surface area (Å²) >= 11 is 0. The first-order valence-corrected chi connectivity index (χ1v) is 11.1. The fraction of sp³-hybridized carbons (Fsp3) is 0.280. The van der Waals surface area contributed by atoms with Gasteiger partial charge in [0.25, 0.3) is 5.56 Å². The van der Waals surface area contributed by atoms with Crippen molar-refractivity contribution in [3.8, 4) is 0 Å². The molecule has 1 fully saturated rings. The Morgan fingerprint density at radius 1 is 0.969 bits per heavy atom. The molecule has 1 atom stereocenters. The summed E-state index contributed by atoms with van der Waals surface area (Å²) in [5, 5.41) is 0.534. The van der Waals surface area contributed by atoms with Gasteiger partial charge in [0.2, 0.25) is 0 Å². The molecule has 0 bridgehead atoms. The molecule has 1 aliphatic heterocycles. The SMILES string of the molecule is O=c1c2c3nc4ccccc4nc3n(CCc3ccccc3)c2ncn1C[C@H]1CCCO1. The zero-order chi connectivity index (χ0) is 21.5. The number of fused-ring (bicyclic) bond motifs is 4. The van der Waals surface area contributed by atoms with Gasteiger partial charge in [0.1, 0.15) is 10.9 Å². The van der Waals surface area contributed by atoms with Crippen LogP contribution in [0.15, 0.2) is 65.7 Å². The number of benzene rings is 2. The lowest BCUT2D eigenvalue weighted by Crippen LogP contribution is -2.26. The first kappa shape index (κ1) is 19.1. The number of aromatic nitrogens is 5. The molecule has 7 nitrogen and oxygen atoms in total. The van der Waals surface area contributed by atoms with Gasteiger partial charge in [-0.1, -0.05) is 42.5 Å². The van der Waals surface area contributed by atoms with E-state index in [1.165, 1.54) is 5.56 Å². The molecule has 0 aliphatic carbocycles. The molecular weight excluding hydrogens is 402 g/mol. The molecule has 7 heteroatoms. The average Bonchev–Trinajstić information content (AvgIpc) is 3.45. The Morgan fingerprint density at radius 2 is 1.75 bits per heavy atom. The molecule has 32 heavy (non-hydrogen) atoms. The van der Waals surface area contributed by atoms with E-state index in [4.69, 9.17) is 19.7 Å². The van der Waals surface area contributed by atoms with Gasteiger partial charge in [-0.3, -0.25) is 9.36 Å². The number of nitrogens with zero attached hydrogens (tertiary/aromatic N) is 5. The van der Waals surface area contributed by atoms with Gasteiger partial charge in [0.05, 0.1) is 30.0 Å². The monoisotopic (exact) mass is 425 g/mol. The number of aryl methyl sites for hydroxylation is 2. The second-order valence-corrected chi connectivity index (χ2v) is 8.31. The van der Waals surface area contributed by atoms with Gasteiger partial charge in [-0.05, 0) is 37.0 Å². The second-order valence-electron chi connectivity index (χ2n) is 8.31. The van der Waals surface area contributed by atoms with E-state index in [1.807, 2.05) is 47.0 Å². The molecule has 160 valence electrons. The van der Waals surface area contributed by atoms with E-state index in [9.17, 15) is 4.79 Å². The highest BCUT2D eigenvalue weighted by molar-refractivity contribution is 6.04. The molecule has 0 unspecified atom stereocenters. The molecule has 0 N–H and O–H groups in total. The summed E-state index contributed by atoms with van der Waals surface area (Å²) in [5.74, 6) is 0. The molecule has 5 aromatic rings. The maximum atomic E-state index is 13.5. The molecule has 0 spiro atoms. The molecule has 6 rings (SSSR count). The van der Waals surface area contributed by atoms with Crippen molar-refractivity contribution in [2.75, 3.05) is 6.61 Å². The number of ether oxygens (including phenoxy) is 1. The second kappa shape index (κ2) is 7.84. The van der Waals surface area contributed by atoms with E-state index < -0.39 is 0 Å². The van der Waals surface area contributed by atoms with Crippen LogP contribution in [0, 0.1) is 0 Å². The van der Waals surface area contributed by atoms with Crippen LogP contribution in [0.3, 0.4) is 0 Å². The highest BCUT2D eigenvalue weighted by Crippen LogP contribution is 2.25. The Balaban J connectivity index is 1.54. The van der Waals surface area contributed by atoms with Crippen LogP contribution in [0.25, 0.3) is 33.2 Å². The molecular formula is C25H23N5O2. The zero-order valence-corrected chi connectivity index (χ0v) is 17.6. The van der Waals surface area contributed by atoms with E-state index in [1.54, 1.807) is 10.9 Å². The van der Waals surface area contributed by atoms with Crippen LogP contribution in [0.1, 0.15) is 18.4 Å². The first-order chi connectivity index (χ1) is 15.8. The fourth-order valence-electron chi connectivity index (χ4n) is 4.57. The topological polar surface area (TPSA) is 74.8 Å². The van der Waals surface area contributed by atoms with Gasteiger partial charge in [-0.15, -0.1) is 0 Å². The molecule has 0 radical (unpaired) electrons. The maximum Gasteiger partial charge on any atom is 0.265 e. The summed E-state index contributed by atoms with van der Waals surface area (Å²) in [6.45, 7) is 1.93. The lowest BCUT2D eigenvalue weighted by atomic mass is 10.1. The number of para-hydroxylation sites is 2. The predicted octanol–water partition coefficient (Wildman–Crippen LogP) is 3.72. The quantitative estimate of drug-likeness (QED) is 0.429. The first-order valence-electron chi connectivity index (χ1n) is 11.1. The van der Waals surface area contributed by atoms with Crippen molar-refractivity contribution in [3.63, 3.8) is 0 Å². The van der Waals surface area contributed by atoms with E-state index in [-0.39, 0.29) is 11.7 Å². The standard InChI is InChI=1S/C25H23N5O2/c31-25-21-22-24(28-20-11-5-4-10-19(20)27-22)30(13-12-17-7-2-1-3-8-17)23(21)26-16-29(25)15-18-9-6-14-32-18/h1-5,7-8,10-11,16,18H,6,9,12-15H2/t18-/m1/s1. The third kappa shape index (κ3) is 3.26. The van der Waals surface area contributed by atoms with E-state index in [0.29, 0.717) is 35.3 Å². The Bertz CT molecular complexity index is 1480. The van der Waals surface area contributed by atoms with Gasteiger partial charge in [0.15, 0.2) is 11.3 Å². The molecule has 1 saturated heterocycles. The molecule has 0 amide bonds. The van der Waals surface area contributed by atoms with Gasteiger partial charge in [-0.25, -0.2) is 15.0 Å². The van der Waals surface area contributed by atoms with Crippen molar-refractivity contribution in [1.82, 2.24) is 24.1 Å². The smallest absolute Gasteiger partial charge is 0.265 e.